The van der Waals surface area contributed by atoms with Gasteiger partial charge in [0.05, 0.1) is 16.9 Å². The van der Waals surface area contributed by atoms with Crippen molar-refractivity contribution in [3.8, 4) is 5.75 Å². The fourth-order valence-corrected chi connectivity index (χ4v) is 3.43. The Morgan fingerprint density at radius 1 is 1.07 bits per heavy atom. The summed E-state index contributed by atoms with van der Waals surface area (Å²) in [6.07, 6.45) is -1.45. The SMILES string of the molecule is O=C(COc1ccccc1)NC(=S)Nc1cc(C(F)(F)F)ccc1N1CCCCC1. The Morgan fingerprint density at radius 3 is 2.43 bits per heavy atom. The van der Waals surface area contributed by atoms with Gasteiger partial charge in [0.15, 0.2) is 11.7 Å². The summed E-state index contributed by atoms with van der Waals surface area (Å²) in [6, 6.07) is 12.3. The molecule has 0 unspecified atom stereocenters. The van der Waals surface area contributed by atoms with Gasteiger partial charge >= 0.3 is 6.18 Å². The number of amides is 1. The van der Waals surface area contributed by atoms with Crippen LogP contribution in [0.1, 0.15) is 24.8 Å². The zero-order valence-corrected chi connectivity index (χ0v) is 17.0. The number of rotatable bonds is 5. The van der Waals surface area contributed by atoms with Crippen LogP contribution in [0.5, 0.6) is 5.75 Å². The maximum absolute atomic E-state index is 13.2. The number of benzene rings is 2. The van der Waals surface area contributed by atoms with Gasteiger partial charge in [-0.3, -0.25) is 10.1 Å². The van der Waals surface area contributed by atoms with Gasteiger partial charge in [-0.15, -0.1) is 0 Å². The normalized spacial score (nSPS) is 14.2. The minimum Gasteiger partial charge on any atom is -0.484 e. The van der Waals surface area contributed by atoms with E-state index in [9.17, 15) is 18.0 Å². The summed E-state index contributed by atoms with van der Waals surface area (Å²) >= 11 is 5.14. The number of anilines is 2. The van der Waals surface area contributed by atoms with E-state index in [1.165, 1.54) is 6.07 Å². The summed E-state index contributed by atoms with van der Waals surface area (Å²) in [6.45, 7) is 1.24. The number of carbonyl (C=O) groups is 1. The number of nitrogens with one attached hydrogen (secondary N) is 2. The number of thiocarbonyl (C=S) groups is 1. The minimum atomic E-state index is -4.48. The Bertz CT molecular complexity index is 885. The van der Waals surface area contributed by atoms with Gasteiger partial charge in [0.25, 0.3) is 5.91 Å². The van der Waals surface area contributed by atoms with E-state index >= 15 is 0 Å². The smallest absolute Gasteiger partial charge is 0.416 e. The summed E-state index contributed by atoms with van der Waals surface area (Å²) in [7, 11) is 0. The van der Waals surface area contributed by atoms with Crippen molar-refractivity contribution in [1.82, 2.24) is 5.32 Å². The lowest BCUT2D eigenvalue weighted by molar-refractivity contribution is -0.137. The molecule has 9 heteroatoms. The average molecular weight is 437 g/mol. The molecule has 1 heterocycles. The van der Waals surface area contributed by atoms with Crippen LogP contribution in [0.4, 0.5) is 24.5 Å². The number of nitrogens with zero attached hydrogens (tertiary/aromatic N) is 1. The molecule has 2 aromatic carbocycles. The van der Waals surface area contributed by atoms with Crippen LogP contribution in [0.15, 0.2) is 48.5 Å². The fourth-order valence-electron chi connectivity index (χ4n) is 3.20. The van der Waals surface area contributed by atoms with Crippen LogP contribution in [0.2, 0.25) is 0 Å². The standard InChI is InChI=1S/C21H22F3N3O2S/c22-21(23,24)15-9-10-18(27-11-5-2-6-12-27)17(13-15)25-20(30)26-19(28)14-29-16-7-3-1-4-8-16/h1,3-4,7-10,13H,2,5-6,11-12,14H2,(H2,25,26,28,30). The van der Waals surface area contributed by atoms with Crippen LogP contribution in [-0.2, 0) is 11.0 Å². The fraction of sp³-hybridized carbons (Fsp3) is 0.333. The van der Waals surface area contributed by atoms with Crippen LogP contribution >= 0.6 is 12.2 Å². The molecule has 5 nitrogen and oxygen atoms in total. The van der Waals surface area contributed by atoms with Crippen LogP contribution < -0.4 is 20.3 Å². The van der Waals surface area contributed by atoms with Crippen LogP contribution in [-0.4, -0.2) is 30.7 Å². The molecule has 1 saturated heterocycles. The number of ether oxygens (including phenoxy) is 1. The molecule has 0 atom stereocenters. The van der Waals surface area contributed by atoms with Crippen molar-refractivity contribution < 1.29 is 22.7 Å². The molecule has 0 aliphatic carbocycles. The van der Waals surface area contributed by atoms with Crippen molar-refractivity contribution in [1.29, 1.82) is 0 Å². The van der Waals surface area contributed by atoms with E-state index in [2.05, 4.69) is 10.6 Å². The molecule has 2 aromatic rings. The third-order valence-electron chi connectivity index (χ3n) is 4.63. The van der Waals surface area contributed by atoms with Crippen molar-refractivity contribution in [3.05, 3.63) is 54.1 Å². The first kappa shape index (κ1) is 21.9. The number of alkyl halides is 3. The van der Waals surface area contributed by atoms with Gasteiger partial charge < -0.3 is 15.0 Å². The molecule has 30 heavy (non-hydrogen) atoms. The van der Waals surface area contributed by atoms with Crippen molar-refractivity contribution in [2.45, 2.75) is 25.4 Å². The molecule has 1 aliphatic heterocycles. The number of halogens is 3. The summed E-state index contributed by atoms with van der Waals surface area (Å²) < 4.78 is 44.9. The summed E-state index contributed by atoms with van der Waals surface area (Å²) in [5.74, 6) is 0.0136. The maximum atomic E-state index is 13.2. The van der Waals surface area contributed by atoms with Gasteiger partial charge in [-0.1, -0.05) is 18.2 Å². The number of hydrogen-bond donors (Lipinski definition) is 2. The van der Waals surface area contributed by atoms with E-state index in [0.717, 1.165) is 44.5 Å². The highest BCUT2D eigenvalue weighted by atomic mass is 32.1. The molecule has 0 saturated carbocycles. The first-order valence-electron chi connectivity index (χ1n) is 9.58. The molecular formula is C21H22F3N3O2S. The van der Waals surface area contributed by atoms with Gasteiger partial charge in [0, 0.05) is 13.1 Å². The number of hydrogen-bond acceptors (Lipinski definition) is 4. The Morgan fingerprint density at radius 2 is 1.77 bits per heavy atom. The van der Waals surface area contributed by atoms with Crippen LogP contribution in [0.25, 0.3) is 0 Å². The van der Waals surface area contributed by atoms with Crippen LogP contribution in [0, 0.1) is 0 Å². The van der Waals surface area contributed by atoms with E-state index in [0.29, 0.717) is 11.4 Å². The minimum absolute atomic E-state index is 0.0887. The van der Waals surface area contributed by atoms with E-state index in [1.54, 1.807) is 24.3 Å². The topological polar surface area (TPSA) is 53.6 Å². The predicted molar refractivity (Wildman–Crippen MR) is 114 cm³/mol. The zero-order valence-electron chi connectivity index (χ0n) is 16.2. The lowest BCUT2D eigenvalue weighted by atomic mass is 10.1. The molecule has 0 bridgehead atoms. The van der Waals surface area contributed by atoms with Crippen molar-refractivity contribution in [3.63, 3.8) is 0 Å². The molecule has 1 amide bonds. The average Bonchev–Trinajstić information content (AvgIpc) is 2.73. The molecule has 0 aromatic heterocycles. The molecule has 1 aliphatic rings. The van der Waals surface area contributed by atoms with E-state index in [-0.39, 0.29) is 17.4 Å². The highest BCUT2D eigenvalue weighted by molar-refractivity contribution is 7.80. The monoisotopic (exact) mass is 437 g/mol. The molecule has 2 N–H and O–H groups in total. The second-order valence-corrected chi connectivity index (χ2v) is 7.29. The molecule has 0 spiro atoms. The highest BCUT2D eigenvalue weighted by Gasteiger charge is 2.31. The summed E-state index contributed by atoms with van der Waals surface area (Å²) in [5, 5.41) is 5.11. The van der Waals surface area contributed by atoms with Crippen LogP contribution in [0.3, 0.4) is 0 Å². The Labute approximate surface area is 178 Å². The molecule has 160 valence electrons. The van der Waals surface area contributed by atoms with Gasteiger partial charge in [0.2, 0.25) is 0 Å². The summed E-state index contributed by atoms with van der Waals surface area (Å²) in [5.41, 5.74) is 0.0492. The third-order valence-corrected chi connectivity index (χ3v) is 4.84. The van der Waals surface area contributed by atoms with Gasteiger partial charge in [-0.25, -0.2) is 0 Å². The molecule has 1 fully saturated rings. The summed E-state index contributed by atoms with van der Waals surface area (Å²) in [4.78, 5) is 14.1. The Kier molecular flexibility index (Phi) is 7.15. The maximum Gasteiger partial charge on any atom is 0.416 e. The van der Waals surface area contributed by atoms with Crippen molar-refractivity contribution >= 4 is 34.6 Å². The largest absolute Gasteiger partial charge is 0.484 e. The van der Waals surface area contributed by atoms with E-state index in [4.69, 9.17) is 17.0 Å². The van der Waals surface area contributed by atoms with E-state index < -0.39 is 17.6 Å². The lowest BCUT2D eigenvalue weighted by Gasteiger charge is -2.31. The predicted octanol–water partition coefficient (Wildman–Crippen LogP) is 4.59. The van der Waals surface area contributed by atoms with E-state index in [1.807, 2.05) is 11.0 Å². The second kappa shape index (κ2) is 9.80. The lowest BCUT2D eigenvalue weighted by Crippen LogP contribution is -2.38. The first-order valence-corrected chi connectivity index (χ1v) is 9.98. The third kappa shape index (κ3) is 6.09. The first-order chi connectivity index (χ1) is 14.3. The van der Waals surface area contributed by atoms with Gasteiger partial charge in [-0.2, -0.15) is 13.2 Å². The molecule has 0 radical (unpaired) electrons. The number of piperidine rings is 1. The number of para-hydroxylation sites is 1. The van der Waals surface area contributed by atoms with Crippen molar-refractivity contribution in [2.75, 3.05) is 29.9 Å². The highest BCUT2D eigenvalue weighted by Crippen LogP contribution is 2.36. The zero-order chi connectivity index (χ0) is 21.6. The van der Waals surface area contributed by atoms with Gasteiger partial charge in [0.1, 0.15) is 5.75 Å². The van der Waals surface area contributed by atoms with Crippen molar-refractivity contribution in [2.24, 2.45) is 0 Å². The second-order valence-electron chi connectivity index (χ2n) is 6.88. The van der Waals surface area contributed by atoms with Gasteiger partial charge in [-0.05, 0) is 61.8 Å². The molecule has 3 rings (SSSR count). The number of carbonyl (C=O) groups excluding carboxylic acids is 1. The Hall–Kier alpha value is -2.81. The molecular weight excluding hydrogens is 415 g/mol. The quantitative estimate of drug-likeness (QED) is 0.671. The Balaban J connectivity index is 1.68.